The van der Waals surface area contributed by atoms with Crippen molar-refractivity contribution in [1.82, 2.24) is 0 Å². The van der Waals surface area contributed by atoms with Crippen LogP contribution in [-0.2, 0) is 6.42 Å². The number of hydrogen-bond donors (Lipinski definition) is 1. The van der Waals surface area contributed by atoms with Crippen molar-refractivity contribution in [2.24, 2.45) is 0 Å². The maximum atomic E-state index is 5.36. The molecule has 3 rings (SSSR count). The van der Waals surface area contributed by atoms with Crippen molar-refractivity contribution in [3.63, 3.8) is 0 Å². The zero-order chi connectivity index (χ0) is 15.0. The fourth-order valence-corrected chi connectivity index (χ4v) is 2.87. The summed E-state index contributed by atoms with van der Waals surface area (Å²) in [4.78, 5) is 0. The average molecular weight is 283 g/mol. The summed E-state index contributed by atoms with van der Waals surface area (Å²) in [5.41, 5.74) is 6.48. The lowest BCUT2D eigenvalue weighted by Gasteiger charge is -2.14. The van der Waals surface area contributed by atoms with Crippen LogP contribution in [0.4, 0.5) is 5.69 Å². The van der Waals surface area contributed by atoms with E-state index in [1.54, 1.807) is 14.2 Å². The Kier molecular flexibility index (Phi) is 3.50. The van der Waals surface area contributed by atoms with Gasteiger partial charge in [0, 0.05) is 11.8 Å². The summed E-state index contributed by atoms with van der Waals surface area (Å²) in [7, 11) is 3.37. The first-order valence-electron chi connectivity index (χ1n) is 7.20. The molecule has 1 aliphatic rings. The van der Waals surface area contributed by atoms with Gasteiger partial charge in [-0.25, -0.2) is 0 Å². The van der Waals surface area contributed by atoms with Crippen LogP contribution in [0.5, 0.6) is 11.5 Å². The Morgan fingerprint density at radius 3 is 2.14 bits per heavy atom. The van der Waals surface area contributed by atoms with Gasteiger partial charge in [-0.1, -0.05) is 6.07 Å². The molecule has 0 fully saturated rings. The minimum absolute atomic E-state index is 0.269. The van der Waals surface area contributed by atoms with E-state index in [-0.39, 0.29) is 6.04 Å². The van der Waals surface area contributed by atoms with Crippen molar-refractivity contribution >= 4 is 5.69 Å². The molecule has 21 heavy (non-hydrogen) atoms. The van der Waals surface area contributed by atoms with Crippen LogP contribution in [-0.4, -0.2) is 14.2 Å². The Morgan fingerprint density at radius 1 is 0.905 bits per heavy atom. The van der Waals surface area contributed by atoms with Crippen LogP contribution in [0, 0.1) is 13.8 Å². The van der Waals surface area contributed by atoms with Gasteiger partial charge in [-0.05, 0) is 60.7 Å². The van der Waals surface area contributed by atoms with Crippen LogP contribution >= 0.6 is 0 Å². The summed E-state index contributed by atoms with van der Waals surface area (Å²) in [5, 5.41) is 3.61. The first-order chi connectivity index (χ1) is 10.1. The highest BCUT2D eigenvalue weighted by Gasteiger charge is 2.23. The number of methoxy groups -OCH3 is 2. The van der Waals surface area contributed by atoms with E-state index in [0.29, 0.717) is 0 Å². The van der Waals surface area contributed by atoms with Crippen molar-refractivity contribution in [1.29, 1.82) is 0 Å². The Balaban J connectivity index is 1.93. The van der Waals surface area contributed by atoms with E-state index in [1.807, 2.05) is 6.07 Å². The van der Waals surface area contributed by atoms with Gasteiger partial charge >= 0.3 is 0 Å². The molecular weight excluding hydrogens is 262 g/mol. The van der Waals surface area contributed by atoms with Crippen LogP contribution in [0.15, 0.2) is 30.3 Å². The lowest BCUT2D eigenvalue weighted by atomic mass is 10.00. The second-order valence-electron chi connectivity index (χ2n) is 5.64. The Morgan fingerprint density at radius 2 is 1.52 bits per heavy atom. The van der Waals surface area contributed by atoms with E-state index >= 15 is 0 Å². The number of rotatable bonds is 3. The summed E-state index contributed by atoms with van der Waals surface area (Å²) in [6.45, 7) is 4.32. The largest absolute Gasteiger partial charge is 0.497 e. The SMILES string of the molecule is COc1cc(OC)cc(C2Cc3cc(C)c(C)cc3N2)c1. The van der Waals surface area contributed by atoms with Gasteiger partial charge in [0.15, 0.2) is 0 Å². The fraction of sp³-hybridized carbons (Fsp3) is 0.333. The van der Waals surface area contributed by atoms with Crippen LogP contribution in [0.2, 0.25) is 0 Å². The molecule has 1 unspecified atom stereocenters. The number of ether oxygens (including phenoxy) is 2. The van der Waals surface area contributed by atoms with Crippen LogP contribution in [0.1, 0.15) is 28.3 Å². The molecule has 0 amide bonds. The molecule has 3 heteroatoms. The van der Waals surface area contributed by atoms with Crippen molar-refractivity contribution in [3.05, 3.63) is 52.6 Å². The van der Waals surface area contributed by atoms with E-state index in [1.165, 1.54) is 27.9 Å². The van der Waals surface area contributed by atoms with Gasteiger partial charge in [0.25, 0.3) is 0 Å². The maximum Gasteiger partial charge on any atom is 0.122 e. The Hall–Kier alpha value is -2.16. The molecule has 2 aromatic carbocycles. The number of nitrogens with one attached hydrogen (secondary N) is 1. The monoisotopic (exact) mass is 283 g/mol. The Bertz CT molecular complexity index is 626. The smallest absolute Gasteiger partial charge is 0.122 e. The molecule has 1 N–H and O–H groups in total. The highest BCUT2D eigenvalue weighted by atomic mass is 16.5. The fourth-order valence-electron chi connectivity index (χ4n) is 2.87. The highest BCUT2D eigenvalue weighted by molar-refractivity contribution is 5.61. The lowest BCUT2D eigenvalue weighted by molar-refractivity contribution is 0.393. The van der Waals surface area contributed by atoms with E-state index < -0.39 is 0 Å². The van der Waals surface area contributed by atoms with Crippen molar-refractivity contribution in [2.45, 2.75) is 26.3 Å². The predicted octanol–water partition coefficient (Wildman–Crippen LogP) is 4.03. The van der Waals surface area contributed by atoms with Crippen molar-refractivity contribution < 1.29 is 9.47 Å². The highest BCUT2D eigenvalue weighted by Crippen LogP contribution is 2.38. The lowest BCUT2D eigenvalue weighted by Crippen LogP contribution is -2.06. The average Bonchev–Trinajstić information content (AvgIpc) is 2.90. The number of hydrogen-bond acceptors (Lipinski definition) is 3. The third kappa shape index (κ3) is 2.56. The number of aryl methyl sites for hydroxylation is 2. The first kappa shape index (κ1) is 13.8. The Labute approximate surface area is 125 Å². The molecule has 0 radical (unpaired) electrons. The van der Waals surface area contributed by atoms with E-state index in [4.69, 9.17) is 9.47 Å². The summed E-state index contributed by atoms with van der Waals surface area (Å²) < 4.78 is 10.7. The molecule has 1 heterocycles. The molecular formula is C18H21NO2. The van der Waals surface area contributed by atoms with Crippen LogP contribution in [0.3, 0.4) is 0 Å². The molecule has 1 atom stereocenters. The molecule has 0 aromatic heterocycles. The molecule has 0 saturated carbocycles. The maximum absolute atomic E-state index is 5.36. The molecule has 0 aliphatic carbocycles. The van der Waals surface area contributed by atoms with E-state index in [2.05, 4.69) is 43.4 Å². The molecule has 1 aliphatic heterocycles. The molecule has 3 nitrogen and oxygen atoms in total. The zero-order valence-electron chi connectivity index (χ0n) is 13.0. The van der Waals surface area contributed by atoms with Crippen molar-refractivity contribution in [2.75, 3.05) is 19.5 Å². The summed E-state index contributed by atoms with van der Waals surface area (Å²) in [5.74, 6) is 1.66. The third-order valence-corrected chi connectivity index (χ3v) is 4.25. The zero-order valence-corrected chi connectivity index (χ0v) is 13.0. The number of anilines is 1. The van der Waals surface area contributed by atoms with E-state index in [0.717, 1.165) is 17.9 Å². The summed E-state index contributed by atoms with van der Waals surface area (Å²) >= 11 is 0. The minimum Gasteiger partial charge on any atom is -0.497 e. The molecule has 110 valence electrons. The van der Waals surface area contributed by atoms with Crippen LogP contribution in [0.25, 0.3) is 0 Å². The first-order valence-corrected chi connectivity index (χ1v) is 7.20. The van der Waals surface area contributed by atoms with Crippen LogP contribution < -0.4 is 14.8 Å². The summed E-state index contributed by atoms with van der Waals surface area (Å²) in [6, 6.07) is 10.8. The van der Waals surface area contributed by atoms with E-state index in [9.17, 15) is 0 Å². The quantitative estimate of drug-likeness (QED) is 0.922. The standard InChI is InChI=1S/C18H21NO2/c1-11-5-13-9-18(19-17(13)6-12(11)2)14-7-15(20-3)10-16(8-14)21-4/h5-8,10,18-19H,9H2,1-4H3. The second kappa shape index (κ2) is 5.32. The predicted molar refractivity (Wildman–Crippen MR) is 85.5 cm³/mol. The molecule has 0 bridgehead atoms. The van der Waals surface area contributed by atoms with Gasteiger partial charge < -0.3 is 14.8 Å². The van der Waals surface area contributed by atoms with Gasteiger partial charge in [-0.15, -0.1) is 0 Å². The second-order valence-corrected chi connectivity index (χ2v) is 5.64. The topological polar surface area (TPSA) is 30.5 Å². The van der Waals surface area contributed by atoms with Crippen molar-refractivity contribution in [3.8, 4) is 11.5 Å². The summed E-state index contributed by atoms with van der Waals surface area (Å²) in [6.07, 6.45) is 0.993. The minimum atomic E-state index is 0.269. The van der Waals surface area contributed by atoms with Gasteiger partial charge in [-0.2, -0.15) is 0 Å². The normalized spacial score (nSPS) is 16.3. The molecule has 0 saturated heterocycles. The number of benzene rings is 2. The van der Waals surface area contributed by atoms with Gasteiger partial charge in [0.1, 0.15) is 11.5 Å². The number of fused-ring (bicyclic) bond motifs is 1. The third-order valence-electron chi connectivity index (χ3n) is 4.25. The van der Waals surface area contributed by atoms with Gasteiger partial charge in [0.05, 0.1) is 20.3 Å². The molecule has 2 aromatic rings. The van der Waals surface area contributed by atoms with Gasteiger partial charge in [-0.3, -0.25) is 0 Å². The van der Waals surface area contributed by atoms with Gasteiger partial charge in [0.2, 0.25) is 0 Å². The molecule has 0 spiro atoms.